The molecule has 3 aromatic carbocycles. The smallest absolute Gasteiger partial charge is 0.234 e. The number of hydrogen-bond donors (Lipinski definition) is 1. The highest BCUT2D eigenvalue weighted by Crippen LogP contribution is 2.29. The van der Waals surface area contributed by atoms with Gasteiger partial charge in [-0.25, -0.2) is 0 Å². The van der Waals surface area contributed by atoms with E-state index in [0.29, 0.717) is 46.2 Å². The van der Waals surface area contributed by atoms with E-state index in [1.165, 1.54) is 11.8 Å². The zero-order valence-corrected chi connectivity index (χ0v) is 21.7. The van der Waals surface area contributed by atoms with E-state index in [1.54, 1.807) is 39.5 Å². The van der Waals surface area contributed by atoms with Crippen molar-refractivity contribution in [2.75, 3.05) is 32.4 Å². The molecule has 0 fully saturated rings. The molecule has 0 aliphatic heterocycles. The summed E-state index contributed by atoms with van der Waals surface area (Å²) in [7, 11) is 4.73. The van der Waals surface area contributed by atoms with Crippen molar-refractivity contribution < 1.29 is 23.7 Å². The summed E-state index contributed by atoms with van der Waals surface area (Å²) in [5.41, 5.74) is 1.64. The number of amides is 1. The first-order valence-electron chi connectivity index (χ1n) is 11.5. The van der Waals surface area contributed by atoms with Crippen LogP contribution in [-0.2, 0) is 17.9 Å². The van der Waals surface area contributed by atoms with Gasteiger partial charge in [0.2, 0.25) is 5.91 Å². The molecule has 1 N–H and O–H groups in total. The molecule has 1 heterocycles. The molecule has 4 rings (SSSR count). The average molecular weight is 521 g/mol. The van der Waals surface area contributed by atoms with E-state index < -0.39 is 0 Å². The number of anilines is 1. The Labute approximate surface area is 219 Å². The Morgan fingerprint density at radius 1 is 0.865 bits per heavy atom. The number of rotatable bonds is 12. The van der Waals surface area contributed by atoms with E-state index in [0.717, 1.165) is 5.56 Å². The van der Waals surface area contributed by atoms with Gasteiger partial charge in [0.25, 0.3) is 0 Å². The summed E-state index contributed by atoms with van der Waals surface area (Å²) in [5.74, 6) is 3.11. The van der Waals surface area contributed by atoms with Gasteiger partial charge in [0.05, 0.1) is 39.3 Å². The molecular weight excluding hydrogens is 492 g/mol. The van der Waals surface area contributed by atoms with Gasteiger partial charge >= 0.3 is 0 Å². The molecule has 0 aliphatic carbocycles. The molecule has 9 nitrogen and oxygen atoms in total. The highest BCUT2D eigenvalue weighted by molar-refractivity contribution is 7.99. The van der Waals surface area contributed by atoms with Crippen molar-refractivity contribution in [3.05, 3.63) is 84.2 Å². The second-order valence-electron chi connectivity index (χ2n) is 7.84. The summed E-state index contributed by atoms with van der Waals surface area (Å²) in [6.45, 7) is 0.754. The first-order chi connectivity index (χ1) is 18.1. The Morgan fingerprint density at radius 2 is 1.62 bits per heavy atom. The first-order valence-corrected chi connectivity index (χ1v) is 12.5. The third-order valence-electron chi connectivity index (χ3n) is 5.40. The molecule has 1 aromatic heterocycles. The van der Waals surface area contributed by atoms with Crippen molar-refractivity contribution >= 4 is 23.4 Å². The first kappa shape index (κ1) is 25.9. The van der Waals surface area contributed by atoms with Gasteiger partial charge < -0.3 is 24.3 Å². The second-order valence-corrected chi connectivity index (χ2v) is 8.78. The van der Waals surface area contributed by atoms with Crippen molar-refractivity contribution in [2.24, 2.45) is 0 Å². The van der Waals surface area contributed by atoms with Gasteiger partial charge in [0.1, 0.15) is 29.6 Å². The lowest BCUT2D eigenvalue weighted by molar-refractivity contribution is -0.113. The molecule has 4 aromatic rings. The summed E-state index contributed by atoms with van der Waals surface area (Å²) >= 11 is 1.30. The van der Waals surface area contributed by atoms with Crippen LogP contribution in [0, 0.1) is 0 Å². The van der Waals surface area contributed by atoms with E-state index in [9.17, 15) is 4.79 Å². The molecule has 0 radical (unpaired) electrons. The highest BCUT2D eigenvalue weighted by Gasteiger charge is 2.17. The summed E-state index contributed by atoms with van der Waals surface area (Å²) in [5, 5.41) is 12.2. The van der Waals surface area contributed by atoms with E-state index in [2.05, 4.69) is 15.5 Å². The number of aromatic nitrogens is 3. The molecule has 0 unspecified atom stereocenters. The topological polar surface area (TPSA) is 96.7 Å². The van der Waals surface area contributed by atoms with Gasteiger partial charge in [0.15, 0.2) is 11.0 Å². The SMILES string of the molecule is COc1cccc(OCc2nnc(SCC(=O)Nc3ccc(OC)cc3OC)n2Cc2ccccc2)c1. The normalized spacial score (nSPS) is 10.6. The molecular formula is C27H28N4O5S. The lowest BCUT2D eigenvalue weighted by atomic mass is 10.2. The number of benzene rings is 3. The van der Waals surface area contributed by atoms with Crippen molar-refractivity contribution in [2.45, 2.75) is 18.3 Å². The lowest BCUT2D eigenvalue weighted by Crippen LogP contribution is -2.16. The number of nitrogens with zero attached hydrogens (tertiary/aromatic N) is 3. The molecule has 1 amide bonds. The number of thioether (sulfide) groups is 1. The Balaban J connectivity index is 1.47. The largest absolute Gasteiger partial charge is 0.497 e. The Kier molecular flexibility index (Phi) is 8.88. The molecule has 0 aliphatic rings. The molecule has 0 bridgehead atoms. The van der Waals surface area contributed by atoms with Crippen molar-refractivity contribution in [1.29, 1.82) is 0 Å². The summed E-state index contributed by atoms with van der Waals surface area (Å²) in [6.07, 6.45) is 0. The van der Waals surface area contributed by atoms with Crippen LogP contribution in [0.1, 0.15) is 11.4 Å². The number of methoxy groups -OCH3 is 3. The Morgan fingerprint density at radius 3 is 2.38 bits per heavy atom. The van der Waals surface area contributed by atoms with Gasteiger partial charge in [0, 0.05) is 12.1 Å². The predicted octanol–water partition coefficient (Wildman–Crippen LogP) is 4.66. The Bertz CT molecular complexity index is 1330. The van der Waals surface area contributed by atoms with E-state index in [1.807, 2.05) is 59.2 Å². The maximum atomic E-state index is 12.7. The van der Waals surface area contributed by atoms with Crippen LogP contribution in [0.3, 0.4) is 0 Å². The van der Waals surface area contributed by atoms with E-state index >= 15 is 0 Å². The molecule has 192 valence electrons. The van der Waals surface area contributed by atoms with E-state index in [-0.39, 0.29) is 18.3 Å². The minimum absolute atomic E-state index is 0.138. The zero-order valence-electron chi connectivity index (χ0n) is 20.8. The van der Waals surface area contributed by atoms with Crippen LogP contribution in [0.4, 0.5) is 5.69 Å². The molecule has 0 spiro atoms. The molecule has 37 heavy (non-hydrogen) atoms. The monoisotopic (exact) mass is 520 g/mol. The summed E-state index contributed by atoms with van der Waals surface area (Å²) in [4.78, 5) is 12.7. The number of carbonyl (C=O) groups excluding carboxylic acids is 1. The van der Waals surface area contributed by atoms with Crippen molar-refractivity contribution in [1.82, 2.24) is 14.8 Å². The fourth-order valence-corrected chi connectivity index (χ4v) is 4.27. The number of carbonyl (C=O) groups is 1. The fourth-order valence-electron chi connectivity index (χ4n) is 3.51. The lowest BCUT2D eigenvalue weighted by Gasteiger charge is -2.13. The molecule has 0 atom stereocenters. The van der Waals surface area contributed by atoms with Gasteiger partial charge in [-0.1, -0.05) is 48.2 Å². The van der Waals surface area contributed by atoms with Gasteiger partial charge in [-0.05, 0) is 29.8 Å². The molecule has 10 heteroatoms. The van der Waals surface area contributed by atoms with Crippen LogP contribution >= 0.6 is 11.8 Å². The van der Waals surface area contributed by atoms with E-state index in [4.69, 9.17) is 18.9 Å². The Hall–Kier alpha value is -4.18. The standard InChI is InChI=1S/C27H28N4O5S/c1-33-20-10-7-11-22(14-20)36-17-25-29-30-27(31(25)16-19-8-5-4-6-9-19)37-18-26(32)28-23-13-12-21(34-2)15-24(23)35-3/h4-15H,16-18H2,1-3H3,(H,28,32). The van der Waals surface area contributed by atoms with Gasteiger partial charge in [-0.15, -0.1) is 10.2 Å². The maximum absolute atomic E-state index is 12.7. The van der Waals surface area contributed by atoms with Crippen molar-refractivity contribution in [3.63, 3.8) is 0 Å². The number of nitrogens with one attached hydrogen (secondary N) is 1. The summed E-state index contributed by atoms with van der Waals surface area (Å²) < 4.78 is 23.8. The van der Waals surface area contributed by atoms with Crippen LogP contribution in [0.15, 0.2) is 78.0 Å². The minimum atomic E-state index is -0.197. The minimum Gasteiger partial charge on any atom is -0.497 e. The third kappa shape index (κ3) is 6.95. The number of hydrogen-bond acceptors (Lipinski definition) is 8. The second kappa shape index (κ2) is 12.7. The molecule has 0 saturated carbocycles. The molecule has 0 saturated heterocycles. The van der Waals surface area contributed by atoms with Crippen LogP contribution < -0.4 is 24.3 Å². The zero-order chi connectivity index (χ0) is 26.0. The number of ether oxygens (including phenoxy) is 4. The highest BCUT2D eigenvalue weighted by atomic mass is 32.2. The van der Waals surface area contributed by atoms with Gasteiger partial charge in [-0.2, -0.15) is 0 Å². The maximum Gasteiger partial charge on any atom is 0.234 e. The summed E-state index contributed by atoms with van der Waals surface area (Å²) in [6, 6.07) is 22.6. The van der Waals surface area contributed by atoms with Crippen LogP contribution in [-0.4, -0.2) is 47.8 Å². The van der Waals surface area contributed by atoms with Gasteiger partial charge in [-0.3, -0.25) is 9.36 Å². The average Bonchev–Trinajstić information content (AvgIpc) is 3.32. The van der Waals surface area contributed by atoms with Crippen molar-refractivity contribution in [3.8, 4) is 23.0 Å². The quantitative estimate of drug-likeness (QED) is 0.270. The third-order valence-corrected chi connectivity index (χ3v) is 6.37. The van der Waals surface area contributed by atoms with Crippen LogP contribution in [0.5, 0.6) is 23.0 Å². The van der Waals surface area contributed by atoms with Crippen LogP contribution in [0.25, 0.3) is 0 Å². The predicted molar refractivity (Wildman–Crippen MR) is 142 cm³/mol. The van der Waals surface area contributed by atoms with Crippen LogP contribution in [0.2, 0.25) is 0 Å². The fraction of sp³-hybridized carbons (Fsp3) is 0.222.